The van der Waals surface area contributed by atoms with Crippen LogP contribution in [0.5, 0.6) is 0 Å². The summed E-state index contributed by atoms with van der Waals surface area (Å²) in [4.78, 5) is 13.8. The van der Waals surface area contributed by atoms with Crippen molar-refractivity contribution in [3.63, 3.8) is 0 Å². The minimum Gasteiger partial charge on any atom is -0.338 e. The van der Waals surface area contributed by atoms with E-state index in [2.05, 4.69) is 17.1 Å². The normalized spacial score (nSPS) is 19.7. The van der Waals surface area contributed by atoms with Crippen molar-refractivity contribution in [3.05, 3.63) is 0 Å². The van der Waals surface area contributed by atoms with E-state index < -0.39 is 0 Å². The molecule has 0 spiro atoms. The molecule has 1 saturated heterocycles. The van der Waals surface area contributed by atoms with Gasteiger partial charge < -0.3 is 10.2 Å². The van der Waals surface area contributed by atoms with Gasteiger partial charge >= 0.3 is 0 Å². The summed E-state index contributed by atoms with van der Waals surface area (Å²) in [5.41, 5.74) is 0. The van der Waals surface area contributed by atoms with Gasteiger partial charge in [-0.2, -0.15) is 11.8 Å². The summed E-state index contributed by atoms with van der Waals surface area (Å²) in [7, 11) is 0. The second kappa shape index (κ2) is 8.25. The van der Waals surface area contributed by atoms with Crippen molar-refractivity contribution in [2.45, 2.75) is 25.8 Å². The molecule has 0 radical (unpaired) electrons. The van der Waals surface area contributed by atoms with Crippen LogP contribution in [0.2, 0.25) is 0 Å². The first-order valence-corrected chi connectivity index (χ1v) is 6.68. The van der Waals surface area contributed by atoms with Crippen molar-refractivity contribution in [2.75, 3.05) is 31.6 Å². The third-order valence-electron chi connectivity index (χ3n) is 2.53. The van der Waals surface area contributed by atoms with E-state index in [1.54, 1.807) is 11.8 Å². The number of nitrogens with zero attached hydrogens (tertiary/aromatic N) is 1. The number of carbonyl (C=O) groups is 1. The molecule has 1 aliphatic rings. The lowest BCUT2D eigenvalue weighted by Gasteiger charge is -2.28. The van der Waals surface area contributed by atoms with E-state index in [0.717, 1.165) is 32.5 Å². The number of hydrogen-bond donors (Lipinski definition) is 1. The fraction of sp³-hybridized carbons (Fsp3) is 0.900. The Morgan fingerprint density at radius 1 is 1.60 bits per heavy atom. The molecular formula is C10H21ClN2OS. The fourth-order valence-corrected chi connectivity index (χ4v) is 2.28. The molecule has 0 aromatic rings. The molecule has 0 bridgehead atoms. The molecule has 1 amide bonds. The Kier molecular flexibility index (Phi) is 8.29. The minimum absolute atomic E-state index is 0. The highest BCUT2D eigenvalue weighted by Gasteiger charge is 2.24. The number of carbonyl (C=O) groups excluding carboxylic acids is 1. The molecule has 0 aliphatic carbocycles. The van der Waals surface area contributed by atoms with Crippen LogP contribution >= 0.6 is 24.2 Å². The first-order valence-electron chi connectivity index (χ1n) is 5.28. The van der Waals surface area contributed by atoms with Crippen LogP contribution in [0.3, 0.4) is 0 Å². The highest BCUT2D eigenvalue weighted by atomic mass is 35.5. The lowest BCUT2D eigenvalue weighted by atomic mass is 10.2. The standard InChI is InChI=1S/C10H20N2OS.ClH/c1-3-6-12(10(13)8-14-2)9-4-5-11-7-9;/h9,11H,3-8H2,1-2H3;1H. The van der Waals surface area contributed by atoms with Gasteiger partial charge in [-0.25, -0.2) is 0 Å². The average molecular weight is 253 g/mol. The largest absolute Gasteiger partial charge is 0.338 e. The highest BCUT2D eigenvalue weighted by molar-refractivity contribution is 7.99. The van der Waals surface area contributed by atoms with Crippen molar-refractivity contribution < 1.29 is 4.79 Å². The maximum Gasteiger partial charge on any atom is 0.232 e. The predicted molar refractivity (Wildman–Crippen MR) is 68.9 cm³/mol. The van der Waals surface area contributed by atoms with Crippen LogP contribution in [0.1, 0.15) is 19.8 Å². The minimum atomic E-state index is 0. The molecule has 1 atom stereocenters. The average Bonchev–Trinajstić information content (AvgIpc) is 2.67. The molecule has 0 aromatic heterocycles. The molecule has 1 aliphatic heterocycles. The number of hydrogen-bond acceptors (Lipinski definition) is 3. The summed E-state index contributed by atoms with van der Waals surface area (Å²) >= 11 is 1.61. The number of thioether (sulfide) groups is 1. The molecule has 1 N–H and O–H groups in total. The fourth-order valence-electron chi connectivity index (χ4n) is 1.86. The van der Waals surface area contributed by atoms with E-state index in [0.29, 0.717) is 17.7 Å². The Morgan fingerprint density at radius 2 is 2.33 bits per heavy atom. The van der Waals surface area contributed by atoms with Crippen molar-refractivity contribution >= 4 is 30.1 Å². The van der Waals surface area contributed by atoms with Crippen molar-refractivity contribution in [1.82, 2.24) is 10.2 Å². The maximum atomic E-state index is 11.8. The summed E-state index contributed by atoms with van der Waals surface area (Å²) in [6, 6.07) is 0.439. The van der Waals surface area contributed by atoms with Gasteiger partial charge in [-0.05, 0) is 25.6 Å². The van der Waals surface area contributed by atoms with Gasteiger partial charge in [0, 0.05) is 19.1 Å². The van der Waals surface area contributed by atoms with Crippen molar-refractivity contribution in [1.29, 1.82) is 0 Å². The van der Waals surface area contributed by atoms with E-state index in [4.69, 9.17) is 0 Å². The van der Waals surface area contributed by atoms with Crippen LogP contribution in [0.25, 0.3) is 0 Å². The van der Waals surface area contributed by atoms with E-state index in [1.165, 1.54) is 0 Å². The van der Waals surface area contributed by atoms with Gasteiger partial charge in [0.25, 0.3) is 0 Å². The summed E-state index contributed by atoms with van der Waals surface area (Å²) in [5.74, 6) is 0.921. The number of amides is 1. The third-order valence-corrected chi connectivity index (χ3v) is 3.06. The van der Waals surface area contributed by atoms with Crippen LogP contribution < -0.4 is 5.32 Å². The van der Waals surface area contributed by atoms with Gasteiger partial charge in [0.05, 0.1) is 5.75 Å². The zero-order chi connectivity index (χ0) is 10.4. The molecule has 90 valence electrons. The second-order valence-electron chi connectivity index (χ2n) is 3.67. The third kappa shape index (κ3) is 4.62. The zero-order valence-electron chi connectivity index (χ0n) is 9.49. The summed E-state index contributed by atoms with van der Waals surface area (Å²) in [6.07, 6.45) is 4.14. The molecule has 1 unspecified atom stereocenters. The first-order chi connectivity index (χ1) is 6.79. The van der Waals surface area contributed by atoms with Crippen LogP contribution in [-0.2, 0) is 4.79 Å². The van der Waals surface area contributed by atoms with E-state index in [1.807, 2.05) is 6.26 Å². The Morgan fingerprint density at radius 3 is 2.80 bits per heavy atom. The summed E-state index contributed by atoms with van der Waals surface area (Å²) in [6.45, 7) is 5.06. The van der Waals surface area contributed by atoms with Gasteiger partial charge in [-0.3, -0.25) is 4.79 Å². The Labute approximate surface area is 103 Å². The van der Waals surface area contributed by atoms with E-state index >= 15 is 0 Å². The van der Waals surface area contributed by atoms with Crippen LogP contribution in [0.4, 0.5) is 0 Å². The predicted octanol–water partition coefficient (Wildman–Crippen LogP) is 1.37. The molecule has 1 fully saturated rings. The lowest BCUT2D eigenvalue weighted by molar-refractivity contribution is -0.130. The van der Waals surface area contributed by atoms with Crippen molar-refractivity contribution in [2.24, 2.45) is 0 Å². The van der Waals surface area contributed by atoms with E-state index in [-0.39, 0.29) is 12.4 Å². The molecular weight excluding hydrogens is 232 g/mol. The van der Waals surface area contributed by atoms with E-state index in [9.17, 15) is 4.79 Å². The van der Waals surface area contributed by atoms with Crippen LogP contribution in [-0.4, -0.2) is 48.5 Å². The SMILES string of the molecule is CCCN(C(=O)CSC)C1CCNC1.Cl. The Bertz CT molecular complexity index is 186. The molecule has 15 heavy (non-hydrogen) atoms. The van der Waals surface area contributed by atoms with Crippen LogP contribution in [0, 0.1) is 0 Å². The number of nitrogens with one attached hydrogen (secondary N) is 1. The van der Waals surface area contributed by atoms with Gasteiger partial charge in [-0.1, -0.05) is 6.92 Å². The number of halogens is 1. The molecule has 1 heterocycles. The Balaban J connectivity index is 0.00000196. The summed E-state index contributed by atoms with van der Waals surface area (Å²) in [5, 5.41) is 3.31. The van der Waals surface area contributed by atoms with Crippen molar-refractivity contribution in [3.8, 4) is 0 Å². The molecule has 0 aromatic carbocycles. The van der Waals surface area contributed by atoms with Crippen LogP contribution in [0.15, 0.2) is 0 Å². The monoisotopic (exact) mass is 252 g/mol. The van der Waals surface area contributed by atoms with Gasteiger partial charge in [0.2, 0.25) is 5.91 Å². The Hall–Kier alpha value is 0.0700. The van der Waals surface area contributed by atoms with Gasteiger partial charge in [-0.15, -0.1) is 12.4 Å². The zero-order valence-corrected chi connectivity index (χ0v) is 11.1. The topological polar surface area (TPSA) is 32.3 Å². The summed E-state index contributed by atoms with van der Waals surface area (Å²) < 4.78 is 0. The maximum absolute atomic E-state index is 11.8. The first kappa shape index (κ1) is 15.1. The molecule has 5 heteroatoms. The number of rotatable bonds is 5. The molecule has 1 rings (SSSR count). The van der Waals surface area contributed by atoms with Gasteiger partial charge in [0.1, 0.15) is 0 Å². The molecule has 3 nitrogen and oxygen atoms in total. The quantitative estimate of drug-likeness (QED) is 0.802. The van der Waals surface area contributed by atoms with Gasteiger partial charge in [0.15, 0.2) is 0 Å². The smallest absolute Gasteiger partial charge is 0.232 e. The molecule has 0 saturated carbocycles. The highest BCUT2D eigenvalue weighted by Crippen LogP contribution is 2.11. The second-order valence-corrected chi connectivity index (χ2v) is 4.53. The lowest BCUT2D eigenvalue weighted by Crippen LogP contribution is -2.43.